The van der Waals surface area contributed by atoms with Crippen LogP contribution in [0.15, 0.2) is 133 Å². The zero-order chi connectivity index (χ0) is 22.5. The molecule has 0 heteroatoms. The second kappa shape index (κ2) is 7.57. The first-order chi connectivity index (χ1) is 16.8. The summed E-state index contributed by atoms with van der Waals surface area (Å²) in [7, 11) is 0. The fourth-order valence-electron chi connectivity index (χ4n) is 5.32. The summed E-state index contributed by atoms with van der Waals surface area (Å²) >= 11 is 0. The molecule has 0 fully saturated rings. The number of fused-ring (bicyclic) bond motifs is 6. The molecular formula is C34H22. The Morgan fingerprint density at radius 1 is 0.265 bits per heavy atom. The van der Waals surface area contributed by atoms with Crippen molar-refractivity contribution in [3.05, 3.63) is 133 Å². The molecule has 7 rings (SSSR count). The summed E-state index contributed by atoms with van der Waals surface area (Å²) in [5.74, 6) is 0. The van der Waals surface area contributed by atoms with Gasteiger partial charge in [-0.2, -0.15) is 0 Å². The lowest BCUT2D eigenvalue weighted by Gasteiger charge is -2.15. The molecule has 0 atom stereocenters. The minimum absolute atomic E-state index is 1.24. The average molecular weight is 431 g/mol. The Labute approximate surface area is 198 Å². The van der Waals surface area contributed by atoms with Crippen molar-refractivity contribution in [1.29, 1.82) is 0 Å². The molecule has 158 valence electrons. The van der Waals surface area contributed by atoms with E-state index in [4.69, 9.17) is 0 Å². The van der Waals surface area contributed by atoms with Crippen LogP contribution in [0.25, 0.3) is 65.3 Å². The zero-order valence-electron chi connectivity index (χ0n) is 18.7. The van der Waals surface area contributed by atoms with Crippen LogP contribution in [-0.2, 0) is 0 Å². The van der Waals surface area contributed by atoms with Crippen LogP contribution in [0.5, 0.6) is 0 Å². The van der Waals surface area contributed by atoms with Crippen LogP contribution in [0, 0.1) is 0 Å². The average Bonchev–Trinajstić information content (AvgIpc) is 2.92. The van der Waals surface area contributed by atoms with Crippen LogP contribution < -0.4 is 0 Å². The molecule has 0 unspecified atom stereocenters. The van der Waals surface area contributed by atoms with Gasteiger partial charge in [0.05, 0.1) is 0 Å². The van der Waals surface area contributed by atoms with Gasteiger partial charge in [-0.15, -0.1) is 0 Å². The molecule has 0 bridgehead atoms. The molecular weight excluding hydrogens is 408 g/mol. The Morgan fingerprint density at radius 3 is 1.35 bits per heavy atom. The van der Waals surface area contributed by atoms with Crippen molar-refractivity contribution in [2.24, 2.45) is 0 Å². The van der Waals surface area contributed by atoms with E-state index >= 15 is 0 Å². The molecule has 34 heavy (non-hydrogen) atoms. The van der Waals surface area contributed by atoms with Crippen molar-refractivity contribution in [3.63, 3.8) is 0 Å². The minimum Gasteiger partial charge on any atom is -0.0622 e. The molecule has 0 saturated carbocycles. The van der Waals surface area contributed by atoms with E-state index in [1.54, 1.807) is 0 Å². The third-order valence-electron chi connectivity index (χ3n) is 7.01. The molecule has 0 N–H and O–H groups in total. The largest absolute Gasteiger partial charge is 0.0622 e. The van der Waals surface area contributed by atoms with E-state index in [0.717, 1.165) is 0 Å². The van der Waals surface area contributed by atoms with Crippen LogP contribution in [-0.4, -0.2) is 0 Å². The van der Waals surface area contributed by atoms with E-state index in [0.29, 0.717) is 0 Å². The van der Waals surface area contributed by atoms with Crippen molar-refractivity contribution >= 4 is 43.1 Å². The highest BCUT2D eigenvalue weighted by Gasteiger charge is 2.12. The molecule has 0 spiro atoms. The SMILES string of the molecule is c1ccc(-c2cc3ccc4cc5c(ccc6ccccc65)cc4c3cc2-c2ccccc2)cc1. The topological polar surface area (TPSA) is 0 Å². The van der Waals surface area contributed by atoms with Gasteiger partial charge in [0.1, 0.15) is 0 Å². The fraction of sp³-hybridized carbons (Fsp3) is 0. The number of hydrogen-bond acceptors (Lipinski definition) is 0. The molecule has 0 aliphatic carbocycles. The molecule has 7 aromatic carbocycles. The maximum atomic E-state index is 2.39. The smallest absolute Gasteiger partial charge is 0.00986 e. The highest BCUT2D eigenvalue weighted by molar-refractivity contribution is 6.18. The van der Waals surface area contributed by atoms with Gasteiger partial charge in [0.15, 0.2) is 0 Å². The van der Waals surface area contributed by atoms with E-state index < -0.39 is 0 Å². The molecule has 0 aliphatic rings. The first kappa shape index (κ1) is 19.1. The zero-order valence-corrected chi connectivity index (χ0v) is 18.7. The molecule has 0 nitrogen and oxygen atoms in total. The quantitative estimate of drug-likeness (QED) is 0.189. The number of hydrogen-bond donors (Lipinski definition) is 0. The first-order valence-electron chi connectivity index (χ1n) is 11.8. The van der Waals surface area contributed by atoms with Crippen LogP contribution in [0.2, 0.25) is 0 Å². The third-order valence-corrected chi connectivity index (χ3v) is 7.01. The van der Waals surface area contributed by atoms with E-state index in [1.165, 1.54) is 65.3 Å². The van der Waals surface area contributed by atoms with Gasteiger partial charge in [-0.3, -0.25) is 0 Å². The molecule has 0 amide bonds. The van der Waals surface area contributed by atoms with Crippen LogP contribution >= 0.6 is 0 Å². The predicted octanol–water partition coefficient (Wildman–Crippen LogP) is 9.63. The van der Waals surface area contributed by atoms with Gasteiger partial charge in [0.25, 0.3) is 0 Å². The van der Waals surface area contributed by atoms with E-state index in [9.17, 15) is 0 Å². The van der Waals surface area contributed by atoms with Gasteiger partial charge in [0.2, 0.25) is 0 Å². The van der Waals surface area contributed by atoms with Crippen molar-refractivity contribution in [2.75, 3.05) is 0 Å². The summed E-state index contributed by atoms with van der Waals surface area (Å²) in [6.07, 6.45) is 0. The summed E-state index contributed by atoms with van der Waals surface area (Å²) < 4.78 is 0. The summed E-state index contributed by atoms with van der Waals surface area (Å²) in [5, 5.41) is 10.3. The van der Waals surface area contributed by atoms with E-state index in [2.05, 4.69) is 133 Å². The Bertz CT molecular complexity index is 1830. The summed E-state index contributed by atoms with van der Waals surface area (Å²) in [4.78, 5) is 0. The molecule has 0 radical (unpaired) electrons. The molecule has 7 aromatic rings. The van der Waals surface area contributed by atoms with Crippen molar-refractivity contribution in [2.45, 2.75) is 0 Å². The number of rotatable bonds is 2. The Kier molecular flexibility index (Phi) is 4.25. The van der Waals surface area contributed by atoms with Gasteiger partial charge in [-0.05, 0) is 89.6 Å². The molecule has 0 aromatic heterocycles. The summed E-state index contributed by atoms with van der Waals surface area (Å²) in [5.41, 5.74) is 5.02. The lowest BCUT2D eigenvalue weighted by Crippen LogP contribution is -1.88. The van der Waals surface area contributed by atoms with Gasteiger partial charge in [0, 0.05) is 0 Å². The highest BCUT2D eigenvalue weighted by Crippen LogP contribution is 2.39. The Balaban J connectivity index is 1.57. The maximum absolute atomic E-state index is 2.39. The first-order valence-corrected chi connectivity index (χ1v) is 11.8. The highest BCUT2D eigenvalue weighted by atomic mass is 14.2. The lowest BCUT2D eigenvalue weighted by molar-refractivity contribution is 1.61. The fourth-order valence-corrected chi connectivity index (χ4v) is 5.32. The molecule has 0 heterocycles. The van der Waals surface area contributed by atoms with Crippen LogP contribution in [0.4, 0.5) is 0 Å². The minimum atomic E-state index is 1.24. The monoisotopic (exact) mass is 430 g/mol. The summed E-state index contributed by atoms with van der Waals surface area (Å²) in [6.45, 7) is 0. The second-order valence-corrected chi connectivity index (χ2v) is 9.00. The van der Waals surface area contributed by atoms with Gasteiger partial charge in [-0.1, -0.05) is 109 Å². The predicted molar refractivity (Wildman–Crippen MR) is 147 cm³/mol. The van der Waals surface area contributed by atoms with Crippen molar-refractivity contribution in [1.82, 2.24) is 0 Å². The van der Waals surface area contributed by atoms with Crippen molar-refractivity contribution < 1.29 is 0 Å². The maximum Gasteiger partial charge on any atom is -0.00986 e. The molecule has 0 aliphatic heterocycles. The number of benzene rings is 7. The Hall–Kier alpha value is -4.42. The second-order valence-electron chi connectivity index (χ2n) is 9.00. The standard InChI is InChI=1S/C34H22/c1-3-9-23(10-4-1)30-19-28-18-17-27-20-31-26(16-15-25-13-7-8-14-29(25)31)21-32(27)34(28)22-33(30)24-11-5-2-6-12-24/h1-22H. The Morgan fingerprint density at radius 2 is 0.706 bits per heavy atom. The summed E-state index contributed by atoms with van der Waals surface area (Å²) in [6, 6.07) is 48.6. The van der Waals surface area contributed by atoms with Gasteiger partial charge < -0.3 is 0 Å². The van der Waals surface area contributed by atoms with Gasteiger partial charge in [-0.25, -0.2) is 0 Å². The molecule has 0 saturated heterocycles. The van der Waals surface area contributed by atoms with E-state index in [1.807, 2.05) is 0 Å². The van der Waals surface area contributed by atoms with E-state index in [-0.39, 0.29) is 0 Å². The van der Waals surface area contributed by atoms with Crippen molar-refractivity contribution in [3.8, 4) is 22.3 Å². The van der Waals surface area contributed by atoms with Crippen LogP contribution in [0.3, 0.4) is 0 Å². The normalized spacial score (nSPS) is 11.5. The van der Waals surface area contributed by atoms with Gasteiger partial charge >= 0.3 is 0 Å². The lowest BCUT2D eigenvalue weighted by atomic mass is 9.89. The van der Waals surface area contributed by atoms with Crippen LogP contribution in [0.1, 0.15) is 0 Å². The third kappa shape index (κ3) is 3.00.